The first-order chi connectivity index (χ1) is 23.7. The number of aromatic nitrogens is 1. The first-order valence-electron chi connectivity index (χ1n) is 16.9. The summed E-state index contributed by atoms with van der Waals surface area (Å²) in [7, 11) is 0. The Bertz CT molecular complexity index is 1670. The van der Waals surface area contributed by atoms with Crippen LogP contribution in [-0.4, -0.2) is 75.8 Å². The second-order valence-corrected chi connectivity index (χ2v) is 14.7. The number of aryl methyl sites for hydroxylation is 1. The highest BCUT2D eigenvalue weighted by Gasteiger charge is 2.54. The number of alkyl carbamates (subject to hydrolysis) is 1. The number of ketones is 1. The number of hydrogen-bond donors (Lipinski definition) is 4. The van der Waals surface area contributed by atoms with Gasteiger partial charge in [0.15, 0.2) is 0 Å². The lowest BCUT2D eigenvalue weighted by Gasteiger charge is -2.35. The van der Waals surface area contributed by atoms with Crippen molar-refractivity contribution in [3.63, 3.8) is 0 Å². The second kappa shape index (κ2) is 15.2. The van der Waals surface area contributed by atoms with Crippen molar-refractivity contribution in [3.05, 3.63) is 70.5 Å². The lowest BCUT2D eigenvalue weighted by Crippen LogP contribution is -2.59. The van der Waals surface area contributed by atoms with Gasteiger partial charge in [-0.1, -0.05) is 63.9 Å². The summed E-state index contributed by atoms with van der Waals surface area (Å²) in [5, 5.41) is 8.70. The topological polar surface area (TPSA) is 168 Å². The van der Waals surface area contributed by atoms with E-state index in [0.717, 1.165) is 24.0 Å². The SMILES string of the molecule is CCC[C@H](NC(=O)[C@@H]1C[C@]2(C=C(c3cccc(Cl)c3)NO2)CN1C(=O)[C@@H](NC(=O)OCc1cccnc1C)C(C)(C)C)C(=O)C(=O)NC1CC1. The van der Waals surface area contributed by atoms with E-state index >= 15 is 0 Å². The summed E-state index contributed by atoms with van der Waals surface area (Å²) < 4.78 is 5.48. The van der Waals surface area contributed by atoms with Crippen LogP contribution in [0.3, 0.4) is 0 Å². The van der Waals surface area contributed by atoms with Crippen molar-refractivity contribution in [2.45, 2.75) is 103 Å². The van der Waals surface area contributed by atoms with Crippen molar-refractivity contribution < 1.29 is 33.5 Å². The van der Waals surface area contributed by atoms with Gasteiger partial charge in [-0.3, -0.25) is 34.5 Å². The molecule has 2 aromatic rings. The van der Waals surface area contributed by atoms with Crippen LogP contribution < -0.4 is 21.4 Å². The maximum Gasteiger partial charge on any atom is 0.408 e. The number of carbonyl (C=O) groups excluding carboxylic acids is 5. The summed E-state index contributed by atoms with van der Waals surface area (Å²) in [6.45, 7) is 8.93. The Morgan fingerprint density at radius 2 is 1.90 bits per heavy atom. The predicted octanol–water partition coefficient (Wildman–Crippen LogP) is 3.73. The Hall–Kier alpha value is -4.49. The van der Waals surface area contributed by atoms with E-state index in [1.165, 1.54) is 4.90 Å². The van der Waals surface area contributed by atoms with Gasteiger partial charge < -0.3 is 25.6 Å². The highest BCUT2D eigenvalue weighted by Crippen LogP contribution is 2.39. The smallest absolute Gasteiger partial charge is 0.408 e. The van der Waals surface area contributed by atoms with E-state index in [9.17, 15) is 24.0 Å². The van der Waals surface area contributed by atoms with E-state index < -0.39 is 58.7 Å². The van der Waals surface area contributed by atoms with Crippen molar-refractivity contribution in [1.82, 2.24) is 31.3 Å². The predicted molar refractivity (Wildman–Crippen MR) is 185 cm³/mol. The number of rotatable bonds is 12. The molecular weight excluding hydrogens is 664 g/mol. The van der Waals surface area contributed by atoms with Crippen LogP contribution in [0.25, 0.3) is 5.70 Å². The Balaban J connectivity index is 1.40. The van der Waals surface area contributed by atoms with Gasteiger partial charge >= 0.3 is 6.09 Å². The third-order valence-corrected chi connectivity index (χ3v) is 9.28. The summed E-state index contributed by atoms with van der Waals surface area (Å²) in [6, 6.07) is 7.35. The van der Waals surface area contributed by atoms with Gasteiger partial charge in [-0.25, -0.2) is 4.79 Å². The molecule has 14 heteroatoms. The van der Waals surface area contributed by atoms with Gasteiger partial charge in [-0.05, 0) is 55.9 Å². The lowest BCUT2D eigenvalue weighted by molar-refractivity contribution is -0.144. The maximum absolute atomic E-state index is 14.5. The van der Waals surface area contributed by atoms with Gasteiger partial charge in [0.2, 0.25) is 17.6 Å². The van der Waals surface area contributed by atoms with Crippen LogP contribution >= 0.6 is 11.6 Å². The van der Waals surface area contributed by atoms with E-state index in [1.54, 1.807) is 64.2 Å². The Kier molecular flexibility index (Phi) is 11.2. The van der Waals surface area contributed by atoms with Crippen molar-refractivity contribution >= 4 is 46.9 Å². The zero-order chi connectivity index (χ0) is 36.2. The molecule has 4 atom stereocenters. The van der Waals surface area contributed by atoms with Crippen LogP contribution in [0, 0.1) is 12.3 Å². The number of halogens is 1. The maximum atomic E-state index is 14.5. The van der Waals surface area contributed by atoms with Gasteiger partial charge in [-0.15, -0.1) is 0 Å². The average molecular weight is 709 g/mol. The standard InChI is InChI=1S/C36H45ClN6O7/c1-6-9-26(29(44)32(46)39-25-13-14-25)40-31(45)28-18-36(17-27(42-50-36)22-10-7-12-24(37)16-22)20-43(28)33(47)30(35(3,4)5)41-34(48)49-19-23-11-8-15-38-21(23)2/h7-8,10-12,15-17,25-26,28,30,42H,6,9,13-14,18-20H2,1-5H3,(H,39,46)(H,40,45)(H,41,48)/t26-,28-,30+,36+/m0/s1. The third-order valence-electron chi connectivity index (χ3n) is 9.04. The number of ether oxygens (including phenoxy) is 1. The molecule has 1 aliphatic carbocycles. The van der Waals surface area contributed by atoms with Crippen molar-refractivity contribution in [2.75, 3.05) is 6.54 Å². The molecule has 5 rings (SSSR count). The van der Waals surface area contributed by atoms with Crippen LogP contribution in [0.5, 0.6) is 0 Å². The van der Waals surface area contributed by atoms with E-state index in [4.69, 9.17) is 21.2 Å². The van der Waals surface area contributed by atoms with Crippen LogP contribution in [0.4, 0.5) is 4.79 Å². The number of nitrogens with zero attached hydrogens (tertiary/aromatic N) is 2. The molecule has 0 unspecified atom stereocenters. The number of hydrogen-bond acceptors (Lipinski definition) is 9. The highest BCUT2D eigenvalue weighted by molar-refractivity contribution is 6.38. The number of pyridine rings is 1. The number of hydroxylamine groups is 1. The lowest BCUT2D eigenvalue weighted by atomic mass is 9.85. The molecule has 2 fully saturated rings. The summed E-state index contributed by atoms with van der Waals surface area (Å²) in [6.07, 6.45) is 5.06. The molecule has 4 N–H and O–H groups in total. The van der Waals surface area contributed by atoms with Crippen LogP contribution in [0.15, 0.2) is 48.7 Å². The summed E-state index contributed by atoms with van der Waals surface area (Å²) in [5.41, 5.74) is 3.76. The number of amides is 4. The Morgan fingerprint density at radius 3 is 2.56 bits per heavy atom. The summed E-state index contributed by atoms with van der Waals surface area (Å²) in [4.78, 5) is 79.2. The number of benzene rings is 1. The van der Waals surface area contributed by atoms with Gasteiger partial charge in [0.05, 0.1) is 18.3 Å². The van der Waals surface area contributed by atoms with Gasteiger partial charge in [-0.2, -0.15) is 0 Å². The summed E-state index contributed by atoms with van der Waals surface area (Å²) >= 11 is 6.24. The molecule has 1 aromatic carbocycles. The minimum atomic E-state index is -1.14. The number of likely N-dealkylation sites (tertiary alicyclic amines) is 1. The molecule has 0 radical (unpaired) electrons. The van der Waals surface area contributed by atoms with E-state index in [0.29, 0.717) is 22.8 Å². The van der Waals surface area contributed by atoms with Crippen LogP contribution in [-0.2, 0) is 35.4 Å². The first kappa shape index (κ1) is 36.8. The Labute approximate surface area is 296 Å². The fourth-order valence-corrected chi connectivity index (χ4v) is 6.27. The molecule has 1 saturated carbocycles. The normalized spacial score (nSPS) is 21.1. The molecule has 1 spiro atoms. The zero-order valence-corrected chi connectivity index (χ0v) is 29.8. The van der Waals surface area contributed by atoms with Gasteiger partial charge in [0.1, 0.15) is 24.3 Å². The van der Waals surface area contributed by atoms with E-state index in [-0.39, 0.29) is 32.0 Å². The van der Waals surface area contributed by atoms with E-state index in [1.807, 2.05) is 19.1 Å². The first-order valence-corrected chi connectivity index (χ1v) is 17.3. The fourth-order valence-electron chi connectivity index (χ4n) is 6.08. The second-order valence-electron chi connectivity index (χ2n) is 14.3. The fraction of sp³-hybridized carbons (Fsp3) is 0.500. The molecule has 0 bridgehead atoms. The third kappa shape index (κ3) is 8.80. The molecular formula is C36H45ClN6O7. The average Bonchev–Trinajstić information content (AvgIpc) is 3.66. The van der Waals surface area contributed by atoms with Crippen molar-refractivity contribution in [2.24, 2.45) is 5.41 Å². The molecule has 50 heavy (non-hydrogen) atoms. The number of nitrogens with one attached hydrogen (secondary N) is 4. The molecule has 3 heterocycles. The quantitative estimate of drug-likeness (QED) is 0.240. The van der Waals surface area contributed by atoms with Crippen molar-refractivity contribution in [3.8, 4) is 0 Å². The van der Waals surface area contributed by atoms with Crippen LogP contribution in [0.2, 0.25) is 5.02 Å². The molecule has 13 nitrogen and oxygen atoms in total. The monoisotopic (exact) mass is 708 g/mol. The van der Waals surface area contributed by atoms with E-state index in [2.05, 4.69) is 26.4 Å². The zero-order valence-electron chi connectivity index (χ0n) is 29.0. The van der Waals surface area contributed by atoms with Gasteiger partial charge in [0, 0.05) is 40.5 Å². The van der Waals surface area contributed by atoms with Crippen LogP contribution in [0.1, 0.15) is 76.6 Å². The molecule has 2 aliphatic heterocycles. The molecule has 1 saturated heterocycles. The molecule has 268 valence electrons. The van der Waals surface area contributed by atoms with Crippen molar-refractivity contribution in [1.29, 1.82) is 0 Å². The highest BCUT2D eigenvalue weighted by atomic mass is 35.5. The minimum absolute atomic E-state index is 0.0263. The Morgan fingerprint density at radius 1 is 1.14 bits per heavy atom. The number of carbonyl (C=O) groups is 5. The molecule has 1 aromatic heterocycles. The molecule has 4 amide bonds. The summed E-state index contributed by atoms with van der Waals surface area (Å²) in [5.74, 6) is -2.63. The largest absolute Gasteiger partial charge is 0.445 e. The minimum Gasteiger partial charge on any atom is -0.445 e. The number of Topliss-reactive ketones (excluding diaryl/α,β-unsaturated/α-hetero) is 1. The van der Waals surface area contributed by atoms with Gasteiger partial charge in [0.25, 0.3) is 5.91 Å². The molecule has 3 aliphatic rings.